The molecule has 0 unspecified atom stereocenters. The highest BCUT2D eigenvalue weighted by molar-refractivity contribution is 5.99. The number of urea groups is 1. The third kappa shape index (κ3) is 7.56. The molecule has 1 aliphatic heterocycles. The Balaban J connectivity index is 1.39. The number of alkyl halides is 3. The van der Waals surface area contributed by atoms with Crippen molar-refractivity contribution in [2.24, 2.45) is 0 Å². The Kier molecular flexibility index (Phi) is 8.32. The molecule has 0 atom stereocenters. The molecule has 202 valence electrons. The maximum Gasteiger partial charge on any atom is 0.416 e. The quantitative estimate of drug-likeness (QED) is 0.394. The van der Waals surface area contributed by atoms with Crippen LogP contribution in [0.5, 0.6) is 11.6 Å². The first kappa shape index (κ1) is 27.1. The Labute approximate surface area is 218 Å². The highest BCUT2D eigenvalue weighted by atomic mass is 19.4. The second-order valence-electron chi connectivity index (χ2n) is 9.31. The maximum atomic E-state index is 13.6. The van der Waals surface area contributed by atoms with E-state index in [9.17, 15) is 18.0 Å². The summed E-state index contributed by atoms with van der Waals surface area (Å²) in [7, 11) is 0. The summed E-state index contributed by atoms with van der Waals surface area (Å²) in [6.07, 6.45) is -3.26. The molecule has 1 saturated heterocycles. The molecule has 0 radical (unpaired) electrons. The number of piperazine rings is 1. The zero-order chi connectivity index (χ0) is 27.3. The molecule has 0 bridgehead atoms. The number of halogens is 3. The van der Waals surface area contributed by atoms with Crippen molar-refractivity contribution in [1.29, 1.82) is 0 Å². The number of nitrogens with zero attached hydrogens (tertiary/aromatic N) is 4. The second kappa shape index (κ2) is 11.7. The Hall–Kier alpha value is -3.90. The van der Waals surface area contributed by atoms with Gasteiger partial charge in [-0.2, -0.15) is 13.2 Å². The molecule has 0 aliphatic carbocycles. The van der Waals surface area contributed by atoms with Crippen molar-refractivity contribution >= 4 is 23.2 Å². The summed E-state index contributed by atoms with van der Waals surface area (Å²) >= 11 is 0. The van der Waals surface area contributed by atoms with E-state index in [1.165, 1.54) is 12.4 Å². The van der Waals surface area contributed by atoms with E-state index in [0.717, 1.165) is 38.3 Å². The van der Waals surface area contributed by atoms with Crippen LogP contribution in [0.15, 0.2) is 54.9 Å². The van der Waals surface area contributed by atoms with Crippen LogP contribution in [0.2, 0.25) is 0 Å². The normalized spacial score (nSPS) is 14.9. The van der Waals surface area contributed by atoms with Crippen LogP contribution in [-0.2, 0) is 12.7 Å². The minimum Gasteiger partial charge on any atom is -0.439 e. The van der Waals surface area contributed by atoms with Crippen LogP contribution in [0.1, 0.15) is 25.0 Å². The minimum atomic E-state index is -4.54. The van der Waals surface area contributed by atoms with Crippen LogP contribution in [0.3, 0.4) is 0 Å². The van der Waals surface area contributed by atoms with E-state index >= 15 is 0 Å². The number of aromatic nitrogens is 2. The molecule has 2 heterocycles. The van der Waals surface area contributed by atoms with E-state index in [2.05, 4.69) is 44.2 Å². The summed E-state index contributed by atoms with van der Waals surface area (Å²) in [6.45, 7) is 7.88. The predicted molar refractivity (Wildman–Crippen MR) is 139 cm³/mol. The Morgan fingerprint density at radius 2 is 1.68 bits per heavy atom. The molecular weight excluding hydrogens is 499 g/mol. The van der Waals surface area contributed by atoms with E-state index in [4.69, 9.17) is 10.5 Å². The summed E-state index contributed by atoms with van der Waals surface area (Å²) in [5.41, 5.74) is 5.77. The molecule has 0 saturated carbocycles. The summed E-state index contributed by atoms with van der Waals surface area (Å²) in [5, 5.41) is 5.14. The van der Waals surface area contributed by atoms with Crippen molar-refractivity contribution in [2.45, 2.75) is 32.6 Å². The van der Waals surface area contributed by atoms with Gasteiger partial charge in [0.05, 0.1) is 5.56 Å². The van der Waals surface area contributed by atoms with E-state index < -0.39 is 17.8 Å². The van der Waals surface area contributed by atoms with Crippen LogP contribution in [-0.4, -0.2) is 58.0 Å². The number of benzene rings is 2. The largest absolute Gasteiger partial charge is 0.439 e. The number of nitrogen functional groups attached to an aromatic ring is 1. The number of carbonyl (C=O) groups excluding carboxylic acids is 1. The third-order valence-corrected chi connectivity index (χ3v) is 6.12. The SMILES string of the molecule is CC(C)N1CCN(Cc2cc(NC(=O)Nc3ccc(Oc4cc(N)ncn4)cc3)cc(C(F)(F)F)c2)CC1. The van der Waals surface area contributed by atoms with Crippen LogP contribution >= 0.6 is 0 Å². The zero-order valence-electron chi connectivity index (χ0n) is 21.1. The number of amides is 2. The summed E-state index contributed by atoms with van der Waals surface area (Å²) in [4.78, 5) is 24.8. The zero-order valence-corrected chi connectivity index (χ0v) is 21.1. The van der Waals surface area contributed by atoms with E-state index in [1.807, 2.05) is 0 Å². The van der Waals surface area contributed by atoms with Gasteiger partial charge in [0.25, 0.3) is 0 Å². The minimum absolute atomic E-state index is 0.0643. The molecule has 4 rings (SSSR count). The molecular formula is C26H30F3N7O2. The lowest BCUT2D eigenvalue weighted by molar-refractivity contribution is -0.137. The van der Waals surface area contributed by atoms with Crippen molar-refractivity contribution < 1.29 is 22.7 Å². The number of carbonyl (C=O) groups is 1. The molecule has 1 aliphatic rings. The van der Waals surface area contributed by atoms with Gasteiger partial charge < -0.3 is 21.1 Å². The Morgan fingerprint density at radius 1 is 1.00 bits per heavy atom. The monoisotopic (exact) mass is 529 g/mol. The molecule has 0 spiro atoms. The molecule has 38 heavy (non-hydrogen) atoms. The van der Waals surface area contributed by atoms with Gasteiger partial charge in [0.2, 0.25) is 5.88 Å². The number of ether oxygens (including phenoxy) is 1. The van der Waals surface area contributed by atoms with Gasteiger partial charge in [-0.15, -0.1) is 0 Å². The summed E-state index contributed by atoms with van der Waals surface area (Å²) < 4.78 is 46.4. The lowest BCUT2D eigenvalue weighted by Crippen LogP contribution is -2.48. The number of rotatable bonds is 7. The number of nitrogens with one attached hydrogen (secondary N) is 2. The second-order valence-corrected chi connectivity index (χ2v) is 9.31. The first-order valence-corrected chi connectivity index (χ1v) is 12.2. The highest BCUT2D eigenvalue weighted by Gasteiger charge is 2.31. The number of hydrogen-bond acceptors (Lipinski definition) is 7. The Bertz CT molecular complexity index is 1240. The van der Waals surface area contributed by atoms with Gasteiger partial charge in [-0.05, 0) is 61.9 Å². The first-order chi connectivity index (χ1) is 18.0. The van der Waals surface area contributed by atoms with Crippen LogP contribution in [0.25, 0.3) is 0 Å². The lowest BCUT2D eigenvalue weighted by Gasteiger charge is -2.37. The van der Waals surface area contributed by atoms with Crippen molar-refractivity contribution in [3.63, 3.8) is 0 Å². The average molecular weight is 530 g/mol. The number of nitrogens with two attached hydrogens (primary N) is 1. The van der Waals surface area contributed by atoms with Crippen LogP contribution in [0.4, 0.5) is 35.2 Å². The van der Waals surface area contributed by atoms with E-state index in [-0.39, 0.29) is 17.4 Å². The van der Waals surface area contributed by atoms with Gasteiger partial charge in [-0.1, -0.05) is 0 Å². The average Bonchev–Trinajstić information content (AvgIpc) is 2.85. The van der Waals surface area contributed by atoms with Crippen LogP contribution < -0.4 is 21.1 Å². The fourth-order valence-electron chi connectivity index (χ4n) is 4.14. The molecule has 12 heteroatoms. The molecule has 2 aromatic carbocycles. The van der Waals surface area contributed by atoms with Gasteiger partial charge in [-0.3, -0.25) is 9.80 Å². The van der Waals surface area contributed by atoms with Gasteiger partial charge in [0, 0.05) is 56.2 Å². The maximum absolute atomic E-state index is 13.6. The summed E-state index contributed by atoms with van der Waals surface area (Å²) in [5.74, 6) is 0.973. The molecule has 1 fully saturated rings. The van der Waals surface area contributed by atoms with E-state index in [0.29, 0.717) is 29.6 Å². The predicted octanol–water partition coefficient (Wildman–Crippen LogP) is 5.04. The molecule has 9 nitrogen and oxygen atoms in total. The van der Waals surface area contributed by atoms with Gasteiger partial charge in [-0.25, -0.2) is 14.8 Å². The highest BCUT2D eigenvalue weighted by Crippen LogP contribution is 2.32. The fraction of sp³-hybridized carbons (Fsp3) is 0.346. The lowest BCUT2D eigenvalue weighted by atomic mass is 10.1. The van der Waals surface area contributed by atoms with Crippen molar-refractivity contribution in [1.82, 2.24) is 19.8 Å². The molecule has 2 amide bonds. The third-order valence-electron chi connectivity index (χ3n) is 6.12. The van der Waals surface area contributed by atoms with E-state index in [1.54, 1.807) is 30.3 Å². The number of anilines is 3. The van der Waals surface area contributed by atoms with Crippen molar-refractivity contribution in [3.8, 4) is 11.6 Å². The molecule has 3 aromatic rings. The topological polar surface area (TPSA) is 109 Å². The fourth-order valence-corrected chi connectivity index (χ4v) is 4.14. The molecule has 1 aromatic heterocycles. The standard InChI is InChI=1S/C26H30F3N7O2/c1-17(2)36-9-7-35(8-10-36)15-18-11-19(26(27,28)29)13-21(12-18)34-25(37)33-20-3-5-22(6-4-20)38-24-14-23(30)31-16-32-24/h3-6,11-14,16-17H,7-10,15H2,1-2H3,(H2,30,31,32)(H2,33,34,37). The van der Waals surface area contributed by atoms with Gasteiger partial charge >= 0.3 is 12.2 Å². The van der Waals surface area contributed by atoms with Crippen LogP contribution in [0, 0.1) is 0 Å². The summed E-state index contributed by atoms with van der Waals surface area (Å²) in [6, 6.07) is 11.3. The number of hydrogen-bond donors (Lipinski definition) is 3. The van der Waals surface area contributed by atoms with Crippen molar-refractivity contribution in [2.75, 3.05) is 42.5 Å². The van der Waals surface area contributed by atoms with Gasteiger partial charge in [0.15, 0.2) is 0 Å². The van der Waals surface area contributed by atoms with Gasteiger partial charge in [0.1, 0.15) is 17.9 Å². The first-order valence-electron chi connectivity index (χ1n) is 12.2. The smallest absolute Gasteiger partial charge is 0.416 e. The molecule has 4 N–H and O–H groups in total. The van der Waals surface area contributed by atoms with Crippen molar-refractivity contribution in [3.05, 3.63) is 66.0 Å². The Morgan fingerprint density at radius 3 is 2.32 bits per heavy atom.